The Labute approximate surface area is 150 Å². The lowest BCUT2D eigenvalue weighted by Crippen LogP contribution is -1.97. The van der Waals surface area contributed by atoms with E-state index in [-0.39, 0.29) is 6.79 Å². The number of pyridine rings is 2. The van der Waals surface area contributed by atoms with Gasteiger partial charge >= 0.3 is 0 Å². The Morgan fingerprint density at radius 3 is 2.88 bits per heavy atom. The number of imidazole rings is 1. The van der Waals surface area contributed by atoms with E-state index >= 15 is 0 Å². The highest BCUT2D eigenvalue weighted by Gasteiger charge is 2.17. The molecule has 128 valence electrons. The predicted molar refractivity (Wildman–Crippen MR) is 99.0 cm³/mol. The van der Waals surface area contributed by atoms with Crippen LogP contribution in [0.15, 0.2) is 61.1 Å². The highest BCUT2D eigenvalue weighted by molar-refractivity contribution is 5.79. The summed E-state index contributed by atoms with van der Waals surface area (Å²) in [5, 5.41) is 3.49. The van der Waals surface area contributed by atoms with Crippen LogP contribution >= 0.6 is 0 Å². The van der Waals surface area contributed by atoms with Crippen LogP contribution in [-0.2, 0) is 0 Å². The quantitative estimate of drug-likeness (QED) is 0.604. The number of aryl methyl sites for hydroxylation is 1. The van der Waals surface area contributed by atoms with E-state index in [9.17, 15) is 0 Å². The van der Waals surface area contributed by atoms with E-state index in [1.54, 1.807) is 6.20 Å². The first-order valence-electron chi connectivity index (χ1n) is 8.34. The van der Waals surface area contributed by atoms with E-state index in [0.717, 1.165) is 45.5 Å². The molecule has 0 bridgehead atoms. The molecule has 26 heavy (non-hydrogen) atoms. The minimum atomic E-state index is 0.258. The Morgan fingerprint density at radius 1 is 1.08 bits per heavy atom. The number of nitrogens with one attached hydrogen (secondary N) is 1. The standard InChI is InChI=1S/C20H16N4O2/c1-13-4-7-18-23-19(14-3-2-8-21-10-14)20(24(18)11-13)22-15-5-6-16-17(9-15)26-12-25-16/h2-11,22H,12H2,1H3. The third-order valence-corrected chi connectivity index (χ3v) is 4.34. The molecule has 6 heteroatoms. The van der Waals surface area contributed by atoms with Crippen LogP contribution in [-0.4, -0.2) is 21.2 Å². The molecule has 0 unspecified atom stereocenters. The lowest BCUT2D eigenvalue weighted by Gasteiger charge is -2.10. The van der Waals surface area contributed by atoms with Gasteiger partial charge in [-0.05, 0) is 42.8 Å². The number of hydrogen-bond donors (Lipinski definition) is 1. The average Bonchev–Trinajstić information content (AvgIpc) is 3.27. The van der Waals surface area contributed by atoms with E-state index in [2.05, 4.69) is 33.9 Å². The molecule has 0 amide bonds. The molecule has 4 aromatic rings. The Bertz CT molecular complexity index is 1110. The lowest BCUT2D eigenvalue weighted by molar-refractivity contribution is 0.174. The van der Waals surface area contributed by atoms with Crippen molar-refractivity contribution in [3.63, 3.8) is 0 Å². The second-order valence-corrected chi connectivity index (χ2v) is 6.18. The first-order valence-corrected chi connectivity index (χ1v) is 8.34. The van der Waals surface area contributed by atoms with Gasteiger partial charge in [0.15, 0.2) is 11.5 Å². The maximum absolute atomic E-state index is 5.49. The number of benzene rings is 1. The van der Waals surface area contributed by atoms with Gasteiger partial charge in [0, 0.05) is 35.9 Å². The van der Waals surface area contributed by atoms with E-state index in [1.807, 2.05) is 42.6 Å². The van der Waals surface area contributed by atoms with E-state index in [0.29, 0.717) is 0 Å². The maximum atomic E-state index is 5.49. The molecule has 1 aliphatic heterocycles. The summed E-state index contributed by atoms with van der Waals surface area (Å²) in [6, 6.07) is 13.8. The van der Waals surface area contributed by atoms with Gasteiger partial charge in [-0.15, -0.1) is 0 Å². The van der Waals surface area contributed by atoms with Crippen LogP contribution in [0.2, 0.25) is 0 Å². The Balaban J connectivity index is 1.66. The van der Waals surface area contributed by atoms with Crippen LogP contribution in [0.3, 0.4) is 0 Å². The van der Waals surface area contributed by atoms with Crippen LogP contribution < -0.4 is 14.8 Å². The minimum absolute atomic E-state index is 0.258. The van der Waals surface area contributed by atoms with E-state index in [4.69, 9.17) is 14.5 Å². The molecule has 0 saturated heterocycles. The van der Waals surface area contributed by atoms with Crippen molar-refractivity contribution in [3.05, 3.63) is 66.6 Å². The number of nitrogens with zero attached hydrogens (tertiary/aromatic N) is 3. The first kappa shape index (κ1) is 14.8. The third kappa shape index (κ3) is 2.43. The normalized spacial score (nSPS) is 12.5. The number of fused-ring (bicyclic) bond motifs is 2. The van der Waals surface area contributed by atoms with Crippen LogP contribution in [0.25, 0.3) is 16.9 Å². The molecule has 5 rings (SSSR count). The van der Waals surface area contributed by atoms with Gasteiger partial charge in [-0.1, -0.05) is 6.07 Å². The van der Waals surface area contributed by atoms with E-state index in [1.165, 1.54) is 0 Å². The molecule has 3 aromatic heterocycles. The molecule has 0 aliphatic carbocycles. The second-order valence-electron chi connectivity index (χ2n) is 6.18. The summed E-state index contributed by atoms with van der Waals surface area (Å²) < 4.78 is 12.9. The van der Waals surface area contributed by atoms with E-state index < -0.39 is 0 Å². The average molecular weight is 344 g/mol. The van der Waals surface area contributed by atoms with Crippen LogP contribution in [0.1, 0.15) is 5.56 Å². The van der Waals surface area contributed by atoms with Crippen molar-refractivity contribution in [2.75, 3.05) is 12.1 Å². The zero-order valence-electron chi connectivity index (χ0n) is 14.1. The molecular formula is C20H16N4O2. The minimum Gasteiger partial charge on any atom is -0.454 e. The summed E-state index contributed by atoms with van der Waals surface area (Å²) in [7, 11) is 0. The lowest BCUT2D eigenvalue weighted by atomic mass is 10.2. The molecule has 0 saturated carbocycles. The molecule has 1 N–H and O–H groups in total. The molecule has 4 heterocycles. The zero-order valence-corrected chi connectivity index (χ0v) is 14.1. The summed E-state index contributed by atoms with van der Waals surface area (Å²) in [6.45, 7) is 2.32. The Hall–Kier alpha value is -3.54. The van der Waals surface area contributed by atoms with Gasteiger partial charge in [-0.3, -0.25) is 9.38 Å². The fourth-order valence-corrected chi connectivity index (χ4v) is 3.09. The van der Waals surface area contributed by atoms with Gasteiger partial charge in [-0.2, -0.15) is 0 Å². The smallest absolute Gasteiger partial charge is 0.231 e. The van der Waals surface area contributed by atoms with Gasteiger partial charge in [0.1, 0.15) is 17.2 Å². The fourth-order valence-electron chi connectivity index (χ4n) is 3.09. The number of hydrogen-bond acceptors (Lipinski definition) is 5. The molecule has 0 fully saturated rings. The van der Waals surface area contributed by atoms with Crippen molar-refractivity contribution < 1.29 is 9.47 Å². The molecule has 1 aliphatic rings. The largest absolute Gasteiger partial charge is 0.454 e. The summed E-state index contributed by atoms with van der Waals surface area (Å²) in [6.07, 6.45) is 5.64. The van der Waals surface area contributed by atoms with Crippen LogP contribution in [0, 0.1) is 6.92 Å². The summed E-state index contributed by atoms with van der Waals surface area (Å²) in [5.74, 6) is 2.38. The predicted octanol–water partition coefficient (Wildman–Crippen LogP) is 4.18. The Kier molecular flexibility index (Phi) is 3.28. The number of rotatable bonds is 3. The second kappa shape index (κ2) is 5.77. The van der Waals surface area contributed by atoms with Crippen molar-refractivity contribution >= 4 is 17.2 Å². The van der Waals surface area contributed by atoms with Gasteiger partial charge in [0.25, 0.3) is 0 Å². The van der Waals surface area contributed by atoms with Crippen LogP contribution in [0.4, 0.5) is 11.5 Å². The summed E-state index contributed by atoms with van der Waals surface area (Å²) >= 11 is 0. The SMILES string of the molecule is Cc1ccc2nc(-c3cccnc3)c(Nc3ccc4c(c3)OCO4)n2c1. The molecule has 0 radical (unpaired) electrons. The molecule has 6 nitrogen and oxygen atoms in total. The van der Waals surface area contributed by atoms with Gasteiger partial charge in [0.2, 0.25) is 6.79 Å². The van der Waals surface area contributed by atoms with Gasteiger partial charge in [0.05, 0.1) is 0 Å². The molecule has 0 spiro atoms. The maximum Gasteiger partial charge on any atom is 0.231 e. The first-order chi connectivity index (χ1) is 12.8. The van der Waals surface area contributed by atoms with Gasteiger partial charge in [-0.25, -0.2) is 4.98 Å². The number of ether oxygens (including phenoxy) is 2. The monoisotopic (exact) mass is 344 g/mol. The summed E-state index contributed by atoms with van der Waals surface area (Å²) in [4.78, 5) is 9.03. The highest BCUT2D eigenvalue weighted by atomic mass is 16.7. The third-order valence-electron chi connectivity index (χ3n) is 4.34. The van der Waals surface area contributed by atoms with Crippen molar-refractivity contribution in [2.24, 2.45) is 0 Å². The topological polar surface area (TPSA) is 60.7 Å². The molecular weight excluding hydrogens is 328 g/mol. The van der Waals surface area contributed by atoms with Crippen molar-refractivity contribution in [2.45, 2.75) is 6.92 Å². The molecule has 0 atom stereocenters. The van der Waals surface area contributed by atoms with Crippen LogP contribution in [0.5, 0.6) is 11.5 Å². The zero-order chi connectivity index (χ0) is 17.5. The van der Waals surface area contributed by atoms with Crippen molar-refractivity contribution in [3.8, 4) is 22.8 Å². The number of anilines is 2. The van der Waals surface area contributed by atoms with Crippen molar-refractivity contribution in [1.29, 1.82) is 0 Å². The number of aromatic nitrogens is 3. The highest BCUT2D eigenvalue weighted by Crippen LogP contribution is 2.37. The summed E-state index contributed by atoms with van der Waals surface area (Å²) in [5.41, 5.74) is 4.74. The van der Waals surface area contributed by atoms with Gasteiger partial charge < -0.3 is 14.8 Å². The Morgan fingerprint density at radius 2 is 2.00 bits per heavy atom. The van der Waals surface area contributed by atoms with Crippen molar-refractivity contribution in [1.82, 2.24) is 14.4 Å². The fraction of sp³-hybridized carbons (Fsp3) is 0.100. The molecule has 1 aromatic carbocycles.